The lowest BCUT2D eigenvalue weighted by Gasteiger charge is -2.50. The Morgan fingerprint density at radius 2 is 1.67 bits per heavy atom. The maximum Gasteiger partial charge on any atom is 0.0998 e. The lowest BCUT2D eigenvalue weighted by molar-refractivity contribution is 0.0525. The molecule has 0 saturated heterocycles. The van der Waals surface area contributed by atoms with Crippen molar-refractivity contribution in [1.29, 1.82) is 10.5 Å². The normalized spacial score (nSPS) is 39.6. The van der Waals surface area contributed by atoms with Crippen molar-refractivity contribution in [3.63, 3.8) is 0 Å². The van der Waals surface area contributed by atoms with Gasteiger partial charge in [0.1, 0.15) is 0 Å². The molecule has 0 unspecified atom stereocenters. The van der Waals surface area contributed by atoms with Crippen LogP contribution in [0.5, 0.6) is 0 Å². The molecule has 3 aliphatic carbocycles. The van der Waals surface area contributed by atoms with Crippen molar-refractivity contribution in [3.05, 3.63) is 30.3 Å². The molecule has 21 heavy (non-hydrogen) atoms. The number of fused-ring (bicyclic) bond motifs is 2. The van der Waals surface area contributed by atoms with E-state index < -0.39 is 0 Å². The zero-order valence-corrected chi connectivity index (χ0v) is 11.5. The fraction of sp³-hybridized carbons (Fsp3) is 0.500. The Hall–Kier alpha value is -2.40. The van der Waals surface area contributed by atoms with Crippen LogP contribution in [0.15, 0.2) is 40.7 Å². The van der Waals surface area contributed by atoms with Crippen LogP contribution in [0.2, 0.25) is 0 Å². The Labute approximate surface area is 123 Å². The highest BCUT2D eigenvalue weighted by Crippen LogP contribution is 2.53. The van der Waals surface area contributed by atoms with E-state index in [4.69, 9.17) is 0 Å². The number of nitriles is 2. The van der Waals surface area contributed by atoms with Crippen molar-refractivity contribution in [2.24, 2.45) is 34.0 Å². The number of hydrogen-bond acceptors (Lipinski definition) is 5. The number of nitrogens with zero attached hydrogens (tertiary/aromatic N) is 5. The third kappa shape index (κ3) is 1.61. The molecular weight excluding hydrogens is 262 g/mol. The molecule has 3 fully saturated rings. The SMILES string of the molecule is N#C[C@@H]1[C@H](C#N)[C@@H]2CC[C@H]1[C@@H]1N=NN(c3ccccc3)[C@H]21. The van der Waals surface area contributed by atoms with Crippen LogP contribution in [0.25, 0.3) is 0 Å². The summed E-state index contributed by atoms with van der Waals surface area (Å²) in [6.45, 7) is 0. The topological polar surface area (TPSA) is 75.5 Å². The summed E-state index contributed by atoms with van der Waals surface area (Å²) in [5.74, 6) is -0.0219. The van der Waals surface area contributed by atoms with Gasteiger partial charge in [-0.15, -0.1) is 0 Å². The van der Waals surface area contributed by atoms with Gasteiger partial charge in [0.05, 0.1) is 41.7 Å². The van der Waals surface area contributed by atoms with Crippen molar-refractivity contribution in [2.75, 3.05) is 5.01 Å². The van der Waals surface area contributed by atoms with E-state index in [0.29, 0.717) is 0 Å². The molecule has 4 aliphatic rings. The number of anilines is 1. The van der Waals surface area contributed by atoms with Crippen molar-refractivity contribution in [2.45, 2.75) is 24.9 Å². The number of para-hydroxylation sites is 1. The molecule has 1 aliphatic heterocycles. The number of benzene rings is 1. The molecule has 3 saturated carbocycles. The molecule has 1 heterocycles. The molecule has 0 spiro atoms. The van der Waals surface area contributed by atoms with Gasteiger partial charge < -0.3 is 0 Å². The number of rotatable bonds is 1. The first-order valence-corrected chi connectivity index (χ1v) is 7.39. The second-order valence-corrected chi connectivity index (χ2v) is 6.08. The van der Waals surface area contributed by atoms with E-state index in [1.54, 1.807) is 0 Å². The highest BCUT2D eigenvalue weighted by Gasteiger charge is 2.58. The molecular formula is C16H15N5. The van der Waals surface area contributed by atoms with E-state index in [9.17, 15) is 10.5 Å². The summed E-state index contributed by atoms with van der Waals surface area (Å²) in [7, 11) is 0. The van der Waals surface area contributed by atoms with Crippen LogP contribution in [0.3, 0.4) is 0 Å². The molecule has 2 bridgehead atoms. The molecule has 0 aromatic heterocycles. The van der Waals surface area contributed by atoms with Gasteiger partial charge >= 0.3 is 0 Å². The zero-order chi connectivity index (χ0) is 14.4. The predicted molar refractivity (Wildman–Crippen MR) is 75.8 cm³/mol. The maximum atomic E-state index is 9.51. The summed E-state index contributed by atoms with van der Waals surface area (Å²) in [6.07, 6.45) is 1.99. The minimum Gasteiger partial charge on any atom is -0.242 e. The van der Waals surface area contributed by atoms with E-state index >= 15 is 0 Å². The molecule has 5 nitrogen and oxygen atoms in total. The van der Waals surface area contributed by atoms with Crippen LogP contribution in [0, 0.1) is 46.3 Å². The van der Waals surface area contributed by atoms with Crippen LogP contribution in [-0.2, 0) is 0 Å². The standard InChI is InChI=1S/C16H15N5/c17-8-13-11-6-7-12(14(13)9-18)16-15(11)19-20-21(16)10-4-2-1-3-5-10/h1-5,11-16H,6-7H2/t11-,12+,13+,14-,15+,16-/m1/s1. The van der Waals surface area contributed by atoms with Crippen molar-refractivity contribution >= 4 is 5.69 Å². The summed E-state index contributed by atoms with van der Waals surface area (Å²) in [5, 5.41) is 29.7. The molecule has 5 heteroatoms. The van der Waals surface area contributed by atoms with Gasteiger partial charge in [0.15, 0.2) is 0 Å². The third-order valence-corrected chi connectivity index (χ3v) is 5.25. The molecule has 0 radical (unpaired) electrons. The first kappa shape index (κ1) is 12.3. The van der Waals surface area contributed by atoms with Crippen LogP contribution in [-0.4, -0.2) is 12.1 Å². The summed E-state index contributed by atoms with van der Waals surface area (Å²) < 4.78 is 0. The first-order chi connectivity index (χ1) is 10.3. The van der Waals surface area contributed by atoms with Crippen LogP contribution in [0.4, 0.5) is 5.69 Å². The molecule has 1 aromatic rings. The zero-order valence-electron chi connectivity index (χ0n) is 11.5. The quantitative estimate of drug-likeness (QED) is 0.792. The average Bonchev–Trinajstić information content (AvgIpc) is 3.01. The Balaban J connectivity index is 1.73. The fourth-order valence-electron chi connectivity index (χ4n) is 4.36. The Bertz CT molecular complexity index is 655. The van der Waals surface area contributed by atoms with Crippen LogP contribution in [0.1, 0.15) is 12.8 Å². The first-order valence-electron chi connectivity index (χ1n) is 7.39. The average molecular weight is 277 g/mol. The maximum absolute atomic E-state index is 9.51. The minimum absolute atomic E-state index is 0.0678. The monoisotopic (exact) mass is 277 g/mol. The van der Waals surface area contributed by atoms with E-state index in [1.807, 2.05) is 35.3 Å². The molecule has 1 aromatic carbocycles. The summed E-state index contributed by atoms with van der Waals surface area (Å²) >= 11 is 0. The molecule has 0 amide bonds. The lowest BCUT2D eigenvalue weighted by Crippen LogP contribution is -2.58. The molecule has 6 atom stereocenters. The van der Waals surface area contributed by atoms with Gasteiger partial charge in [0, 0.05) is 11.8 Å². The van der Waals surface area contributed by atoms with Crippen molar-refractivity contribution in [1.82, 2.24) is 0 Å². The number of hydrogen-bond donors (Lipinski definition) is 0. The molecule has 5 rings (SSSR count). The summed E-state index contributed by atoms with van der Waals surface area (Å²) in [4.78, 5) is 0. The second kappa shape index (κ2) is 4.56. The Kier molecular flexibility index (Phi) is 2.68. The highest BCUT2D eigenvalue weighted by molar-refractivity contribution is 5.48. The van der Waals surface area contributed by atoms with E-state index in [1.165, 1.54) is 0 Å². The van der Waals surface area contributed by atoms with Gasteiger partial charge in [-0.05, 0) is 25.0 Å². The van der Waals surface area contributed by atoms with Crippen LogP contribution >= 0.6 is 0 Å². The second-order valence-electron chi connectivity index (χ2n) is 6.08. The largest absolute Gasteiger partial charge is 0.242 e. The van der Waals surface area contributed by atoms with E-state index in [2.05, 4.69) is 22.5 Å². The molecule has 0 N–H and O–H groups in total. The van der Waals surface area contributed by atoms with E-state index in [0.717, 1.165) is 18.5 Å². The molecule has 104 valence electrons. The minimum atomic E-state index is -0.190. The van der Waals surface area contributed by atoms with E-state index in [-0.39, 0.29) is 35.8 Å². The van der Waals surface area contributed by atoms with Crippen LogP contribution < -0.4 is 5.01 Å². The Morgan fingerprint density at radius 1 is 1.00 bits per heavy atom. The predicted octanol–water partition coefficient (Wildman–Crippen LogP) is 2.93. The van der Waals surface area contributed by atoms with Crippen molar-refractivity contribution < 1.29 is 0 Å². The third-order valence-electron chi connectivity index (χ3n) is 5.25. The lowest BCUT2D eigenvalue weighted by atomic mass is 9.55. The Morgan fingerprint density at radius 3 is 2.38 bits per heavy atom. The van der Waals surface area contributed by atoms with Gasteiger partial charge in [0.2, 0.25) is 0 Å². The van der Waals surface area contributed by atoms with Gasteiger partial charge in [-0.3, -0.25) is 0 Å². The van der Waals surface area contributed by atoms with Gasteiger partial charge in [-0.25, -0.2) is 5.01 Å². The van der Waals surface area contributed by atoms with Gasteiger partial charge in [-0.1, -0.05) is 23.4 Å². The fourth-order valence-corrected chi connectivity index (χ4v) is 4.36. The van der Waals surface area contributed by atoms with Gasteiger partial charge in [-0.2, -0.15) is 15.6 Å². The van der Waals surface area contributed by atoms with Gasteiger partial charge in [0.25, 0.3) is 0 Å². The summed E-state index contributed by atoms with van der Waals surface area (Å²) in [6, 6.07) is 14.9. The summed E-state index contributed by atoms with van der Waals surface area (Å²) in [5.41, 5.74) is 1.02. The van der Waals surface area contributed by atoms with Crippen molar-refractivity contribution in [3.8, 4) is 12.1 Å². The smallest absolute Gasteiger partial charge is 0.0998 e. The highest BCUT2D eigenvalue weighted by atomic mass is 15.6.